The van der Waals surface area contributed by atoms with Crippen LogP contribution in [0.15, 0.2) is 68.3 Å². The van der Waals surface area contributed by atoms with Gasteiger partial charge in [0.05, 0.1) is 25.6 Å². The number of thioether (sulfide) groups is 1. The van der Waals surface area contributed by atoms with Crippen molar-refractivity contribution in [3.63, 3.8) is 0 Å². The molecule has 0 saturated heterocycles. The summed E-state index contributed by atoms with van der Waals surface area (Å²) in [6.07, 6.45) is 1.59. The second-order valence-corrected chi connectivity index (χ2v) is 8.55. The molecule has 2 heterocycles. The van der Waals surface area contributed by atoms with Crippen LogP contribution >= 0.6 is 34.7 Å². The molecule has 0 unspecified atom stereocenters. The van der Waals surface area contributed by atoms with Gasteiger partial charge in [0.1, 0.15) is 17.6 Å². The summed E-state index contributed by atoms with van der Waals surface area (Å²) in [4.78, 5) is 15.7. The van der Waals surface area contributed by atoms with Gasteiger partial charge in [0.25, 0.3) is 5.69 Å². The van der Waals surface area contributed by atoms with E-state index in [-0.39, 0.29) is 10.7 Å². The zero-order chi connectivity index (χ0) is 20.4. The van der Waals surface area contributed by atoms with Crippen LogP contribution in [0.25, 0.3) is 27.6 Å². The quantitative estimate of drug-likeness (QED) is 0.147. The highest BCUT2D eigenvalue weighted by atomic mass is 35.5. The first kappa shape index (κ1) is 19.2. The zero-order valence-corrected chi connectivity index (χ0v) is 16.9. The van der Waals surface area contributed by atoms with Gasteiger partial charge >= 0.3 is 0 Å². The molecule has 2 aromatic heterocycles. The number of halogens is 1. The molecule has 0 aliphatic carbocycles. The zero-order valence-electron chi connectivity index (χ0n) is 14.5. The lowest BCUT2D eigenvalue weighted by Crippen LogP contribution is -1.91. The van der Waals surface area contributed by atoms with Crippen LogP contribution in [0, 0.1) is 21.4 Å². The SMILES string of the molecule is N#CC(=Cc1ccc(-c2ccc(Cl)cc2[N+](=O)[O-])o1)Sc1nc2ccccc2s1. The largest absolute Gasteiger partial charge is 0.456 e. The van der Waals surface area contributed by atoms with E-state index in [9.17, 15) is 15.4 Å². The number of nitro groups is 1. The predicted octanol–water partition coefficient (Wildman–Crippen LogP) is 6.77. The number of thiazole rings is 1. The first-order valence-corrected chi connectivity index (χ1v) is 10.2. The molecule has 9 heteroatoms. The van der Waals surface area contributed by atoms with Crippen LogP contribution in [0.1, 0.15) is 5.76 Å². The Hall–Kier alpha value is -3.12. The lowest BCUT2D eigenvalue weighted by Gasteiger charge is -2.00. The molecule has 0 N–H and O–H groups in total. The molecule has 6 nitrogen and oxygen atoms in total. The Balaban J connectivity index is 1.62. The van der Waals surface area contributed by atoms with E-state index in [2.05, 4.69) is 11.1 Å². The maximum absolute atomic E-state index is 11.3. The van der Waals surface area contributed by atoms with Crippen molar-refractivity contribution in [3.8, 4) is 17.4 Å². The van der Waals surface area contributed by atoms with Crippen molar-refractivity contribution >= 4 is 56.7 Å². The molecule has 0 spiro atoms. The molecular formula is C20H10ClN3O3S2. The van der Waals surface area contributed by atoms with Crippen molar-refractivity contribution in [2.45, 2.75) is 4.34 Å². The molecule has 0 aliphatic heterocycles. The van der Waals surface area contributed by atoms with Gasteiger partial charge in [-0.05, 0) is 48.2 Å². The molecule has 2 aromatic carbocycles. The van der Waals surface area contributed by atoms with Crippen molar-refractivity contribution < 1.29 is 9.34 Å². The summed E-state index contributed by atoms with van der Waals surface area (Å²) in [6.45, 7) is 0. The standard InChI is InChI=1S/C20H10ClN3O3S2/c21-12-5-7-15(17(9-12)24(25)26)18-8-6-13(27-18)10-14(11-22)28-20-23-16-3-1-2-4-19(16)29-20/h1-10H. The molecule has 4 aromatic rings. The third kappa shape index (κ3) is 4.17. The van der Waals surface area contributed by atoms with Crippen LogP contribution in [-0.4, -0.2) is 9.91 Å². The molecule has 0 amide bonds. The van der Waals surface area contributed by atoms with Crippen molar-refractivity contribution in [1.29, 1.82) is 5.26 Å². The third-order valence-corrected chi connectivity index (χ3v) is 6.16. The van der Waals surface area contributed by atoms with Crippen LogP contribution in [0.3, 0.4) is 0 Å². The highest BCUT2D eigenvalue weighted by Crippen LogP contribution is 2.36. The van der Waals surface area contributed by atoms with Gasteiger partial charge in [0.15, 0.2) is 4.34 Å². The van der Waals surface area contributed by atoms with Gasteiger partial charge in [-0.1, -0.05) is 23.7 Å². The highest BCUT2D eigenvalue weighted by Gasteiger charge is 2.18. The summed E-state index contributed by atoms with van der Waals surface area (Å²) in [5.41, 5.74) is 1.05. The van der Waals surface area contributed by atoms with Gasteiger partial charge in [0, 0.05) is 17.2 Å². The number of para-hydroxylation sites is 1. The van der Waals surface area contributed by atoms with E-state index in [1.807, 2.05) is 24.3 Å². The normalized spacial score (nSPS) is 11.5. The summed E-state index contributed by atoms with van der Waals surface area (Å²) in [7, 11) is 0. The molecule has 4 rings (SSSR count). The number of allylic oxidation sites excluding steroid dienone is 1. The van der Waals surface area contributed by atoms with E-state index in [1.54, 1.807) is 24.3 Å². The van der Waals surface area contributed by atoms with Crippen LogP contribution < -0.4 is 0 Å². The minimum Gasteiger partial charge on any atom is -0.456 e. The van der Waals surface area contributed by atoms with E-state index in [0.29, 0.717) is 22.0 Å². The Morgan fingerprint density at radius 1 is 1.28 bits per heavy atom. The molecule has 29 heavy (non-hydrogen) atoms. The lowest BCUT2D eigenvalue weighted by molar-refractivity contribution is -0.384. The highest BCUT2D eigenvalue weighted by molar-refractivity contribution is 8.05. The number of hydrogen-bond donors (Lipinski definition) is 0. The van der Waals surface area contributed by atoms with Gasteiger partial charge in [0.2, 0.25) is 0 Å². The van der Waals surface area contributed by atoms with Crippen LogP contribution in [-0.2, 0) is 0 Å². The fourth-order valence-electron chi connectivity index (χ4n) is 2.64. The average molecular weight is 440 g/mol. The van der Waals surface area contributed by atoms with Crippen molar-refractivity contribution in [3.05, 3.63) is 80.4 Å². The first-order valence-electron chi connectivity index (χ1n) is 8.23. The fraction of sp³-hybridized carbons (Fsp3) is 0. The predicted molar refractivity (Wildman–Crippen MR) is 115 cm³/mol. The fourth-order valence-corrected chi connectivity index (χ4v) is 4.76. The van der Waals surface area contributed by atoms with E-state index < -0.39 is 4.92 Å². The molecule has 0 atom stereocenters. The maximum atomic E-state index is 11.3. The number of fused-ring (bicyclic) bond motifs is 1. The van der Waals surface area contributed by atoms with E-state index >= 15 is 0 Å². The summed E-state index contributed by atoms with van der Waals surface area (Å²) >= 11 is 8.61. The second kappa shape index (κ2) is 8.09. The number of nitro benzene ring substituents is 1. The number of rotatable bonds is 5. The average Bonchev–Trinajstić information content (AvgIpc) is 3.33. The Labute approximate surface area is 178 Å². The van der Waals surface area contributed by atoms with Crippen molar-refractivity contribution in [2.75, 3.05) is 0 Å². The van der Waals surface area contributed by atoms with Gasteiger partial charge in [-0.3, -0.25) is 10.1 Å². The molecule has 0 radical (unpaired) electrons. The smallest absolute Gasteiger partial charge is 0.281 e. The Kier molecular flexibility index (Phi) is 5.36. The summed E-state index contributed by atoms with van der Waals surface area (Å²) in [5.74, 6) is 0.733. The summed E-state index contributed by atoms with van der Waals surface area (Å²) in [5, 5.41) is 21.1. The number of nitrogens with zero attached hydrogens (tertiary/aromatic N) is 3. The summed E-state index contributed by atoms with van der Waals surface area (Å²) < 4.78 is 7.52. The number of furan rings is 1. The molecular weight excluding hydrogens is 430 g/mol. The van der Waals surface area contributed by atoms with E-state index in [4.69, 9.17) is 16.0 Å². The maximum Gasteiger partial charge on any atom is 0.281 e. The van der Waals surface area contributed by atoms with Gasteiger partial charge < -0.3 is 4.42 Å². The van der Waals surface area contributed by atoms with Crippen LogP contribution in [0.4, 0.5) is 5.69 Å². The number of benzene rings is 2. The van der Waals surface area contributed by atoms with Crippen molar-refractivity contribution in [1.82, 2.24) is 4.98 Å². The topological polar surface area (TPSA) is 93.0 Å². The Bertz CT molecular complexity index is 1270. The molecule has 0 saturated carbocycles. The number of aromatic nitrogens is 1. The monoisotopic (exact) mass is 439 g/mol. The molecule has 0 aliphatic rings. The number of nitriles is 1. The van der Waals surface area contributed by atoms with Crippen LogP contribution in [0.5, 0.6) is 0 Å². The second-order valence-electron chi connectivity index (χ2n) is 5.79. The van der Waals surface area contributed by atoms with Crippen LogP contribution in [0.2, 0.25) is 5.02 Å². The third-order valence-electron chi connectivity index (χ3n) is 3.90. The van der Waals surface area contributed by atoms with Crippen molar-refractivity contribution in [2.24, 2.45) is 0 Å². The van der Waals surface area contributed by atoms with Gasteiger partial charge in [-0.15, -0.1) is 11.3 Å². The Morgan fingerprint density at radius 3 is 2.86 bits per heavy atom. The molecule has 142 valence electrons. The summed E-state index contributed by atoms with van der Waals surface area (Å²) in [6, 6.07) is 17.5. The lowest BCUT2D eigenvalue weighted by atomic mass is 10.1. The van der Waals surface area contributed by atoms with E-state index in [1.165, 1.54) is 35.2 Å². The molecule has 0 fully saturated rings. The Morgan fingerprint density at radius 2 is 2.10 bits per heavy atom. The minimum absolute atomic E-state index is 0.147. The minimum atomic E-state index is -0.511. The van der Waals surface area contributed by atoms with Gasteiger partial charge in [-0.25, -0.2) is 4.98 Å². The van der Waals surface area contributed by atoms with E-state index in [0.717, 1.165) is 14.6 Å². The first-order chi connectivity index (χ1) is 14.0. The number of hydrogen-bond acceptors (Lipinski definition) is 7. The van der Waals surface area contributed by atoms with Gasteiger partial charge in [-0.2, -0.15) is 5.26 Å². The molecule has 0 bridgehead atoms.